The van der Waals surface area contributed by atoms with Gasteiger partial charge in [0.25, 0.3) is 0 Å². The van der Waals surface area contributed by atoms with E-state index in [9.17, 15) is 0 Å². The summed E-state index contributed by atoms with van der Waals surface area (Å²) >= 11 is 2.03. The van der Waals surface area contributed by atoms with Crippen molar-refractivity contribution in [1.82, 2.24) is 10.3 Å². The second kappa shape index (κ2) is 5.55. The van der Waals surface area contributed by atoms with E-state index in [0.717, 1.165) is 11.4 Å². The molecular formula is C12H18N2OS. The minimum Gasteiger partial charge on any atom is -0.495 e. The highest BCUT2D eigenvalue weighted by Crippen LogP contribution is 2.37. The minimum atomic E-state index is 0.295. The lowest BCUT2D eigenvalue weighted by atomic mass is 10.1. The molecule has 0 spiro atoms. The average Bonchev–Trinajstić information content (AvgIpc) is 2.84. The van der Waals surface area contributed by atoms with Gasteiger partial charge in [-0.3, -0.25) is 4.98 Å². The average molecular weight is 238 g/mol. The van der Waals surface area contributed by atoms with Crippen LogP contribution >= 0.6 is 11.8 Å². The van der Waals surface area contributed by atoms with E-state index >= 15 is 0 Å². The van der Waals surface area contributed by atoms with E-state index in [1.54, 1.807) is 7.11 Å². The van der Waals surface area contributed by atoms with Crippen LogP contribution in [-0.2, 0) is 0 Å². The van der Waals surface area contributed by atoms with Crippen LogP contribution in [0.1, 0.15) is 24.6 Å². The van der Waals surface area contributed by atoms with Gasteiger partial charge in [-0.2, -0.15) is 11.8 Å². The molecule has 4 heteroatoms. The Labute approximate surface area is 101 Å². The van der Waals surface area contributed by atoms with Crippen LogP contribution in [0.3, 0.4) is 0 Å². The lowest BCUT2D eigenvalue weighted by molar-refractivity contribution is 0.394. The van der Waals surface area contributed by atoms with Crippen molar-refractivity contribution in [3.05, 3.63) is 24.0 Å². The van der Waals surface area contributed by atoms with Gasteiger partial charge in [-0.15, -0.1) is 0 Å². The van der Waals surface area contributed by atoms with Crippen LogP contribution in [0.4, 0.5) is 0 Å². The van der Waals surface area contributed by atoms with Gasteiger partial charge in [0.1, 0.15) is 11.4 Å². The van der Waals surface area contributed by atoms with E-state index in [2.05, 4.69) is 10.3 Å². The first kappa shape index (κ1) is 11.7. The Bertz CT molecular complexity index is 340. The summed E-state index contributed by atoms with van der Waals surface area (Å²) in [6.07, 6.45) is 4.40. The third-order valence-electron chi connectivity index (χ3n) is 2.96. The van der Waals surface area contributed by atoms with Crippen molar-refractivity contribution in [1.29, 1.82) is 0 Å². The number of hydrogen-bond acceptors (Lipinski definition) is 4. The highest BCUT2D eigenvalue weighted by molar-refractivity contribution is 8.00. The van der Waals surface area contributed by atoms with Gasteiger partial charge in [0.2, 0.25) is 0 Å². The van der Waals surface area contributed by atoms with E-state index in [1.807, 2.05) is 37.1 Å². The predicted octanol–water partition coefficient (Wildman–Crippen LogP) is 2.25. The zero-order chi connectivity index (χ0) is 11.4. The van der Waals surface area contributed by atoms with Crippen LogP contribution in [0.5, 0.6) is 5.75 Å². The van der Waals surface area contributed by atoms with Gasteiger partial charge in [-0.05, 0) is 37.8 Å². The van der Waals surface area contributed by atoms with Crippen LogP contribution in [-0.4, -0.2) is 30.1 Å². The van der Waals surface area contributed by atoms with Gasteiger partial charge in [-0.25, -0.2) is 0 Å². The monoisotopic (exact) mass is 238 g/mol. The molecule has 1 aliphatic rings. The fourth-order valence-corrected chi connectivity index (χ4v) is 3.60. The number of pyridine rings is 1. The molecule has 0 aliphatic carbocycles. The molecule has 2 heterocycles. The topological polar surface area (TPSA) is 34.2 Å². The Balaban J connectivity index is 2.24. The number of nitrogens with zero attached hydrogens (tertiary/aromatic N) is 1. The normalized spacial score (nSPS) is 22.0. The highest BCUT2D eigenvalue weighted by Gasteiger charge is 2.28. The Morgan fingerprint density at radius 1 is 1.62 bits per heavy atom. The lowest BCUT2D eigenvalue weighted by Crippen LogP contribution is -2.27. The summed E-state index contributed by atoms with van der Waals surface area (Å²) in [4.78, 5) is 4.46. The predicted molar refractivity (Wildman–Crippen MR) is 68.1 cm³/mol. The Kier molecular flexibility index (Phi) is 4.07. The zero-order valence-electron chi connectivity index (χ0n) is 9.77. The molecule has 1 aromatic rings. The van der Waals surface area contributed by atoms with Gasteiger partial charge in [0, 0.05) is 11.4 Å². The summed E-state index contributed by atoms with van der Waals surface area (Å²) in [5, 5.41) is 3.99. The summed E-state index contributed by atoms with van der Waals surface area (Å²) in [5.41, 5.74) is 1.03. The highest BCUT2D eigenvalue weighted by atomic mass is 32.2. The maximum Gasteiger partial charge on any atom is 0.142 e. The quantitative estimate of drug-likeness (QED) is 0.872. The molecule has 1 aliphatic heterocycles. The maximum atomic E-state index is 5.38. The van der Waals surface area contributed by atoms with Crippen molar-refractivity contribution < 1.29 is 4.74 Å². The molecule has 1 fully saturated rings. The van der Waals surface area contributed by atoms with Crippen molar-refractivity contribution in [2.75, 3.05) is 19.9 Å². The SMILES string of the molecule is CNC(c1ncccc1OC)C1CCCS1. The van der Waals surface area contributed by atoms with Crippen molar-refractivity contribution >= 4 is 11.8 Å². The molecular weight excluding hydrogens is 220 g/mol. The van der Waals surface area contributed by atoms with Crippen molar-refractivity contribution in [3.8, 4) is 5.75 Å². The molecule has 1 N–H and O–H groups in total. The minimum absolute atomic E-state index is 0.295. The number of aromatic nitrogens is 1. The van der Waals surface area contributed by atoms with Crippen LogP contribution in [0.2, 0.25) is 0 Å². The molecule has 2 unspecified atom stereocenters. The van der Waals surface area contributed by atoms with Crippen LogP contribution < -0.4 is 10.1 Å². The number of thioether (sulfide) groups is 1. The molecule has 0 bridgehead atoms. The molecule has 2 atom stereocenters. The van der Waals surface area contributed by atoms with E-state index in [4.69, 9.17) is 4.74 Å². The standard InChI is InChI=1S/C12H18N2OS/c1-13-12(10-6-4-8-16-10)11-9(15-2)5-3-7-14-11/h3,5,7,10,12-13H,4,6,8H2,1-2H3. The molecule has 0 amide bonds. The van der Waals surface area contributed by atoms with E-state index in [1.165, 1.54) is 18.6 Å². The molecule has 0 radical (unpaired) electrons. The number of rotatable bonds is 4. The van der Waals surface area contributed by atoms with Gasteiger partial charge in [-0.1, -0.05) is 0 Å². The lowest BCUT2D eigenvalue weighted by Gasteiger charge is -2.23. The fourth-order valence-electron chi connectivity index (χ4n) is 2.17. The van der Waals surface area contributed by atoms with Crippen LogP contribution in [0, 0.1) is 0 Å². The summed E-state index contributed by atoms with van der Waals surface area (Å²) in [5.74, 6) is 2.15. The summed E-state index contributed by atoms with van der Waals surface area (Å²) < 4.78 is 5.38. The van der Waals surface area contributed by atoms with Gasteiger partial charge >= 0.3 is 0 Å². The molecule has 0 aromatic carbocycles. The first-order chi connectivity index (χ1) is 7.86. The first-order valence-electron chi connectivity index (χ1n) is 5.64. The molecule has 1 aromatic heterocycles. The first-order valence-corrected chi connectivity index (χ1v) is 6.69. The summed E-state index contributed by atoms with van der Waals surface area (Å²) in [7, 11) is 3.70. The fraction of sp³-hybridized carbons (Fsp3) is 0.583. The third-order valence-corrected chi connectivity index (χ3v) is 4.42. The Morgan fingerprint density at radius 2 is 2.50 bits per heavy atom. The zero-order valence-corrected chi connectivity index (χ0v) is 10.6. The number of ether oxygens (including phenoxy) is 1. The van der Waals surface area contributed by atoms with E-state index < -0.39 is 0 Å². The van der Waals surface area contributed by atoms with Crippen molar-refractivity contribution in [3.63, 3.8) is 0 Å². The van der Waals surface area contributed by atoms with Gasteiger partial charge in [0.15, 0.2) is 0 Å². The van der Waals surface area contributed by atoms with Gasteiger partial charge in [0.05, 0.1) is 13.2 Å². The largest absolute Gasteiger partial charge is 0.495 e. The molecule has 16 heavy (non-hydrogen) atoms. The van der Waals surface area contributed by atoms with E-state index in [-0.39, 0.29) is 0 Å². The number of methoxy groups -OCH3 is 1. The smallest absolute Gasteiger partial charge is 0.142 e. The molecule has 3 nitrogen and oxygen atoms in total. The molecule has 88 valence electrons. The van der Waals surface area contributed by atoms with Crippen LogP contribution in [0.15, 0.2) is 18.3 Å². The number of hydrogen-bond donors (Lipinski definition) is 1. The van der Waals surface area contributed by atoms with Crippen molar-refractivity contribution in [2.24, 2.45) is 0 Å². The summed E-state index contributed by atoms with van der Waals surface area (Å²) in [6, 6.07) is 4.19. The number of nitrogens with one attached hydrogen (secondary N) is 1. The maximum absolute atomic E-state index is 5.38. The van der Waals surface area contributed by atoms with Gasteiger partial charge < -0.3 is 10.1 Å². The Hall–Kier alpha value is -0.740. The Morgan fingerprint density at radius 3 is 3.12 bits per heavy atom. The second-order valence-corrected chi connectivity index (χ2v) is 5.26. The molecule has 1 saturated heterocycles. The molecule has 0 saturated carbocycles. The molecule has 2 rings (SSSR count). The van der Waals surface area contributed by atoms with Crippen LogP contribution in [0.25, 0.3) is 0 Å². The van der Waals surface area contributed by atoms with Crippen molar-refractivity contribution in [2.45, 2.75) is 24.1 Å². The van der Waals surface area contributed by atoms with E-state index in [0.29, 0.717) is 11.3 Å². The second-order valence-electron chi connectivity index (χ2n) is 3.91. The third kappa shape index (κ3) is 2.33. The summed E-state index contributed by atoms with van der Waals surface area (Å²) in [6.45, 7) is 0.